The number of nitrogens with one attached hydrogen (secondary N) is 1. The highest BCUT2D eigenvalue weighted by molar-refractivity contribution is 5.47. The van der Waals surface area contributed by atoms with E-state index in [2.05, 4.69) is 15.3 Å². The van der Waals surface area contributed by atoms with Gasteiger partial charge in [-0.15, -0.1) is 0 Å². The monoisotopic (exact) mass is 175 g/mol. The third-order valence-electron chi connectivity index (χ3n) is 2.73. The summed E-state index contributed by atoms with van der Waals surface area (Å²) < 4.78 is 0. The maximum atomic E-state index is 4.60. The fourth-order valence-corrected chi connectivity index (χ4v) is 1.79. The molecular formula is C10H13N3. The summed E-state index contributed by atoms with van der Waals surface area (Å²) in [7, 11) is 0. The molecule has 0 radical (unpaired) electrons. The van der Waals surface area contributed by atoms with Gasteiger partial charge in [-0.1, -0.05) is 0 Å². The number of hydrogen-bond acceptors (Lipinski definition) is 3. The Kier molecular flexibility index (Phi) is 1.51. The number of fused-ring (bicyclic) bond motifs is 1. The van der Waals surface area contributed by atoms with E-state index in [1.165, 1.54) is 25.0 Å². The predicted octanol–water partition coefficient (Wildman–Crippen LogP) is 1.71. The molecule has 1 fully saturated rings. The second kappa shape index (κ2) is 2.69. The van der Waals surface area contributed by atoms with Crippen LogP contribution in [0.3, 0.4) is 0 Å². The highest BCUT2D eigenvalue weighted by Crippen LogP contribution is 2.38. The van der Waals surface area contributed by atoms with Gasteiger partial charge in [0, 0.05) is 12.5 Å². The summed E-state index contributed by atoms with van der Waals surface area (Å²) in [6.07, 6.45) is 6.84. The third kappa shape index (κ3) is 1.28. The molecule has 1 aliphatic heterocycles. The van der Waals surface area contributed by atoms with E-state index in [0.29, 0.717) is 5.92 Å². The lowest BCUT2D eigenvalue weighted by molar-refractivity contribution is 0.772. The Bertz CT molecular complexity index is 331. The van der Waals surface area contributed by atoms with Crippen LogP contribution in [0.1, 0.15) is 36.7 Å². The number of aryl methyl sites for hydroxylation is 1. The van der Waals surface area contributed by atoms with Crippen LogP contribution in [0, 0.1) is 0 Å². The van der Waals surface area contributed by atoms with Crippen molar-refractivity contribution in [2.45, 2.75) is 31.6 Å². The molecule has 1 aliphatic carbocycles. The molecule has 0 spiro atoms. The molecule has 0 atom stereocenters. The zero-order valence-electron chi connectivity index (χ0n) is 7.58. The van der Waals surface area contributed by atoms with Crippen LogP contribution in [0.15, 0.2) is 6.20 Å². The Morgan fingerprint density at radius 1 is 1.38 bits per heavy atom. The fourth-order valence-electron chi connectivity index (χ4n) is 1.79. The van der Waals surface area contributed by atoms with E-state index >= 15 is 0 Å². The summed E-state index contributed by atoms with van der Waals surface area (Å²) in [5, 5.41) is 3.32. The van der Waals surface area contributed by atoms with Crippen LogP contribution in [0.5, 0.6) is 0 Å². The minimum atomic E-state index is 0.673. The maximum Gasteiger partial charge on any atom is 0.131 e. The molecule has 1 aromatic rings. The third-order valence-corrected chi connectivity index (χ3v) is 2.73. The van der Waals surface area contributed by atoms with Crippen LogP contribution < -0.4 is 5.32 Å². The van der Waals surface area contributed by atoms with Gasteiger partial charge in [-0.3, -0.25) is 0 Å². The van der Waals surface area contributed by atoms with Gasteiger partial charge in [0.05, 0.1) is 17.6 Å². The van der Waals surface area contributed by atoms with Gasteiger partial charge in [-0.25, -0.2) is 9.97 Å². The van der Waals surface area contributed by atoms with Crippen LogP contribution in [0.4, 0.5) is 5.69 Å². The molecular weight excluding hydrogens is 162 g/mol. The maximum absolute atomic E-state index is 4.60. The molecule has 0 unspecified atom stereocenters. The topological polar surface area (TPSA) is 37.8 Å². The molecule has 13 heavy (non-hydrogen) atoms. The average molecular weight is 175 g/mol. The van der Waals surface area contributed by atoms with Crippen LogP contribution in [0.2, 0.25) is 0 Å². The summed E-state index contributed by atoms with van der Waals surface area (Å²) >= 11 is 0. The molecule has 1 aromatic heterocycles. The Morgan fingerprint density at radius 2 is 2.31 bits per heavy atom. The van der Waals surface area contributed by atoms with Crippen LogP contribution in [-0.2, 0) is 6.42 Å². The second-order valence-electron chi connectivity index (χ2n) is 3.89. The van der Waals surface area contributed by atoms with Gasteiger partial charge in [0.1, 0.15) is 5.82 Å². The number of hydrogen-bond donors (Lipinski definition) is 1. The Morgan fingerprint density at radius 3 is 3.15 bits per heavy atom. The predicted molar refractivity (Wildman–Crippen MR) is 50.8 cm³/mol. The van der Waals surface area contributed by atoms with Gasteiger partial charge in [0.15, 0.2) is 0 Å². The summed E-state index contributed by atoms with van der Waals surface area (Å²) in [6, 6.07) is 0. The number of aromatic nitrogens is 2. The Balaban J connectivity index is 1.98. The molecule has 68 valence electrons. The molecule has 0 bridgehead atoms. The van der Waals surface area contributed by atoms with Crippen molar-refractivity contribution in [1.82, 2.24) is 9.97 Å². The molecule has 3 rings (SSSR count). The molecule has 1 saturated carbocycles. The molecule has 1 N–H and O–H groups in total. The van der Waals surface area contributed by atoms with Gasteiger partial charge in [-0.2, -0.15) is 0 Å². The first-order valence-corrected chi connectivity index (χ1v) is 5.03. The van der Waals surface area contributed by atoms with Gasteiger partial charge in [0.25, 0.3) is 0 Å². The van der Waals surface area contributed by atoms with Crippen molar-refractivity contribution < 1.29 is 0 Å². The standard InChI is InChI=1S/C10H13N3/c1-2-8-9(11-5-1)6-12-10(13-8)7-3-4-7/h6-7,11H,1-5H2. The van der Waals surface area contributed by atoms with Crippen molar-refractivity contribution in [3.63, 3.8) is 0 Å². The normalized spacial score (nSPS) is 20.6. The fraction of sp³-hybridized carbons (Fsp3) is 0.600. The highest BCUT2D eigenvalue weighted by Gasteiger charge is 2.27. The molecule has 0 saturated heterocycles. The van der Waals surface area contributed by atoms with E-state index in [-0.39, 0.29) is 0 Å². The minimum Gasteiger partial charge on any atom is -0.382 e. The zero-order chi connectivity index (χ0) is 8.67. The minimum absolute atomic E-state index is 0.673. The Labute approximate surface area is 77.6 Å². The van der Waals surface area contributed by atoms with E-state index in [9.17, 15) is 0 Å². The summed E-state index contributed by atoms with van der Waals surface area (Å²) in [4.78, 5) is 8.98. The summed E-state index contributed by atoms with van der Waals surface area (Å²) in [5.74, 6) is 1.75. The molecule has 2 aliphatic rings. The van der Waals surface area contributed by atoms with Crippen molar-refractivity contribution in [2.24, 2.45) is 0 Å². The van der Waals surface area contributed by atoms with Crippen LogP contribution in [-0.4, -0.2) is 16.5 Å². The molecule has 0 amide bonds. The SMILES string of the molecule is c1nc(C2CC2)nc2c1NCCC2. The summed E-state index contributed by atoms with van der Waals surface area (Å²) in [5.41, 5.74) is 2.37. The smallest absolute Gasteiger partial charge is 0.131 e. The number of rotatable bonds is 1. The lowest BCUT2D eigenvalue weighted by atomic mass is 10.1. The highest BCUT2D eigenvalue weighted by atomic mass is 15.0. The molecule has 3 nitrogen and oxygen atoms in total. The van der Waals surface area contributed by atoms with Crippen molar-refractivity contribution in [3.05, 3.63) is 17.7 Å². The molecule has 0 aromatic carbocycles. The van der Waals surface area contributed by atoms with Crippen molar-refractivity contribution in [2.75, 3.05) is 11.9 Å². The average Bonchev–Trinajstić information content (AvgIpc) is 3.00. The first kappa shape index (κ1) is 7.30. The van der Waals surface area contributed by atoms with Crippen LogP contribution >= 0.6 is 0 Å². The summed E-state index contributed by atoms with van der Waals surface area (Å²) in [6.45, 7) is 1.07. The van der Waals surface area contributed by atoms with Gasteiger partial charge in [-0.05, 0) is 25.7 Å². The van der Waals surface area contributed by atoms with Crippen LogP contribution in [0.25, 0.3) is 0 Å². The zero-order valence-corrected chi connectivity index (χ0v) is 7.58. The first-order valence-electron chi connectivity index (χ1n) is 5.03. The first-order chi connectivity index (χ1) is 6.43. The lowest BCUT2D eigenvalue weighted by Gasteiger charge is -2.16. The van der Waals surface area contributed by atoms with E-state index in [0.717, 1.165) is 24.5 Å². The van der Waals surface area contributed by atoms with Crippen molar-refractivity contribution in [3.8, 4) is 0 Å². The van der Waals surface area contributed by atoms with E-state index in [4.69, 9.17) is 0 Å². The van der Waals surface area contributed by atoms with Crippen molar-refractivity contribution in [1.29, 1.82) is 0 Å². The second-order valence-corrected chi connectivity index (χ2v) is 3.89. The van der Waals surface area contributed by atoms with E-state index in [1.54, 1.807) is 0 Å². The number of anilines is 1. The van der Waals surface area contributed by atoms with Gasteiger partial charge in [0.2, 0.25) is 0 Å². The van der Waals surface area contributed by atoms with Gasteiger partial charge >= 0.3 is 0 Å². The van der Waals surface area contributed by atoms with E-state index < -0.39 is 0 Å². The number of nitrogens with zero attached hydrogens (tertiary/aromatic N) is 2. The van der Waals surface area contributed by atoms with E-state index in [1.807, 2.05) is 6.20 Å². The van der Waals surface area contributed by atoms with Crippen molar-refractivity contribution >= 4 is 5.69 Å². The Hall–Kier alpha value is -1.12. The van der Waals surface area contributed by atoms with Gasteiger partial charge < -0.3 is 5.32 Å². The lowest BCUT2D eigenvalue weighted by Crippen LogP contribution is -2.14. The largest absolute Gasteiger partial charge is 0.382 e. The quantitative estimate of drug-likeness (QED) is 0.706. The molecule has 2 heterocycles. The molecule has 3 heteroatoms.